The van der Waals surface area contributed by atoms with Crippen molar-refractivity contribution < 1.29 is 14.3 Å². The second-order valence-corrected chi connectivity index (χ2v) is 4.16. The maximum atomic E-state index is 11.5. The Labute approximate surface area is 111 Å². The standard InChI is InChI=1S/C16H14O3/c1-19-16(18)11-15(17)9-7-12-6-8-13-4-2-3-5-14(13)10-12/h2-10H,11H2,1H3. The molecule has 3 heteroatoms. The zero-order chi connectivity index (χ0) is 13.7. The molecule has 0 aliphatic carbocycles. The molecule has 0 spiro atoms. The van der Waals surface area contributed by atoms with Crippen molar-refractivity contribution in [3.8, 4) is 0 Å². The molecule has 2 rings (SSSR count). The van der Waals surface area contributed by atoms with Gasteiger partial charge in [0.1, 0.15) is 6.42 Å². The summed E-state index contributed by atoms with van der Waals surface area (Å²) in [5, 5.41) is 2.27. The van der Waals surface area contributed by atoms with Crippen molar-refractivity contribution in [2.75, 3.05) is 7.11 Å². The number of hydrogen-bond donors (Lipinski definition) is 0. The first kappa shape index (κ1) is 13.0. The number of allylic oxidation sites excluding steroid dienone is 1. The molecule has 0 aliphatic heterocycles. The largest absolute Gasteiger partial charge is 0.469 e. The van der Waals surface area contributed by atoms with Gasteiger partial charge in [0.2, 0.25) is 0 Å². The lowest BCUT2D eigenvalue weighted by molar-refractivity contribution is -0.142. The number of benzene rings is 2. The topological polar surface area (TPSA) is 43.4 Å². The summed E-state index contributed by atoms with van der Waals surface area (Å²) in [6.45, 7) is 0. The summed E-state index contributed by atoms with van der Waals surface area (Å²) in [7, 11) is 1.27. The molecule has 96 valence electrons. The molecule has 0 aromatic heterocycles. The van der Waals surface area contributed by atoms with E-state index >= 15 is 0 Å². The lowest BCUT2D eigenvalue weighted by Gasteiger charge is -1.99. The van der Waals surface area contributed by atoms with Gasteiger partial charge in [-0.15, -0.1) is 0 Å². The minimum absolute atomic E-state index is 0.222. The summed E-state index contributed by atoms with van der Waals surface area (Å²) in [5.41, 5.74) is 0.928. The van der Waals surface area contributed by atoms with E-state index in [0.29, 0.717) is 0 Å². The predicted molar refractivity (Wildman–Crippen MR) is 74.6 cm³/mol. The van der Waals surface area contributed by atoms with Gasteiger partial charge in [-0.25, -0.2) is 0 Å². The molecule has 2 aromatic carbocycles. The Kier molecular flexibility index (Phi) is 4.08. The zero-order valence-electron chi connectivity index (χ0n) is 10.6. The summed E-state index contributed by atoms with van der Waals surface area (Å²) >= 11 is 0. The Bertz CT molecular complexity index is 641. The van der Waals surface area contributed by atoms with Gasteiger partial charge in [0.15, 0.2) is 5.78 Å². The van der Waals surface area contributed by atoms with Crippen molar-refractivity contribution in [3.05, 3.63) is 54.1 Å². The number of esters is 1. The first-order valence-electron chi connectivity index (χ1n) is 5.95. The highest BCUT2D eigenvalue weighted by Gasteiger charge is 2.05. The molecule has 0 aliphatic rings. The average Bonchev–Trinajstić information content (AvgIpc) is 2.44. The second-order valence-electron chi connectivity index (χ2n) is 4.16. The third-order valence-electron chi connectivity index (χ3n) is 2.78. The molecule has 2 aromatic rings. The van der Waals surface area contributed by atoms with Crippen LogP contribution in [0.4, 0.5) is 0 Å². The van der Waals surface area contributed by atoms with Crippen LogP contribution in [0.2, 0.25) is 0 Å². The van der Waals surface area contributed by atoms with Gasteiger partial charge in [-0.3, -0.25) is 9.59 Å². The van der Waals surface area contributed by atoms with E-state index in [-0.39, 0.29) is 12.2 Å². The maximum absolute atomic E-state index is 11.5. The van der Waals surface area contributed by atoms with Crippen LogP contribution in [-0.4, -0.2) is 18.9 Å². The molecule has 0 amide bonds. The van der Waals surface area contributed by atoms with E-state index in [0.717, 1.165) is 16.3 Å². The summed E-state index contributed by atoms with van der Waals surface area (Å²) in [6, 6.07) is 13.9. The fraction of sp³-hybridized carbons (Fsp3) is 0.125. The second kappa shape index (κ2) is 5.96. The normalized spacial score (nSPS) is 10.8. The molecule has 0 radical (unpaired) electrons. The van der Waals surface area contributed by atoms with Crippen LogP contribution < -0.4 is 0 Å². The smallest absolute Gasteiger partial charge is 0.313 e. The monoisotopic (exact) mass is 254 g/mol. The van der Waals surface area contributed by atoms with Crippen LogP contribution in [-0.2, 0) is 14.3 Å². The molecular formula is C16H14O3. The molecule has 0 fully saturated rings. The molecule has 0 unspecified atom stereocenters. The third kappa shape index (κ3) is 3.52. The fourth-order valence-corrected chi connectivity index (χ4v) is 1.77. The van der Waals surface area contributed by atoms with Gasteiger partial charge in [-0.2, -0.15) is 0 Å². The van der Waals surface area contributed by atoms with Crippen LogP contribution in [0.3, 0.4) is 0 Å². The van der Waals surface area contributed by atoms with Gasteiger partial charge >= 0.3 is 5.97 Å². The van der Waals surface area contributed by atoms with Crippen molar-refractivity contribution in [1.29, 1.82) is 0 Å². The minimum atomic E-state index is -0.520. The van der Waals surface area contributed by atoms with E-state index in [9.17, 15) is 9.59 Å². The number of ketones is 1. The van der Waals surface area contributed by atoms with Crippen LogP contribution >= 0.6 is 0 Å². The number of ether oxygens (including phenoxy) is 1. The molecule has 0 N–H and O–H groups in total. The molecule has 0 saturated carbocycles. The SMILES string of the molecule is COC(=O)CC(=O)C=Cc1ccc2ccccc2c1. The molecule has 3 nitrogen and oxygen atoms in total. The van der Waals surface area contributed by atoms with E-state index in [1.54, 1.807) is 6.08 Å². The van der Waals surface area contributed by atoms with Crippen LogP contribution in [0.5, 0.6) is 0 Å². The van der Waals surface area contributed by atoms with Crippen LogP contribution in [0, 0.1) is 0 Å². The highest BCUT2D eigenvalue weighted by Crippen LogP contribution is 2.16. The first-order valence-corrected chi connectivity index (χ1v) is 5.95. The molecular weight excluding hydrogens is 240 g/mol. The van der Waals surface area contributed by atoms with Gasteiger partial charge in [0.25, 0.3) is 0 Å². The number of methoxy groups -OCH3 is 1. The maximum Gasteiger partial charge on any atom is 0.313 e. The number of carbonyl (C=O) groups is 2. The highest BCUT2D eigenvalue weighted by atomic mass is 16.5. The Morgan fingerprint density at radius 2 is 1.84 bits per heavy atom. The number of fused-ring (bicyclic) bond motifs is 1. The Hall–Kier alpha value is -2.42. The number of carbonyl (C=O) groups excluding carboxylic acids is 2. The number of hydrogen-bond acceptors (Lipinski definition) is 3. The first-order chi connectivity index (χ1) is 9.19. The van der Waals surface area contributed by atoms with E-state index in [1.807, 2.05) is 42.5 Å². The minimum Gasteiger partial charge on any atom is -0.469 e. The van der Waals surface area contributed by atoms with Crippen molar-refractivity contribution in [2.24, 2.45) is 0 Å². The summed E-state index contributed by atoms with van der Waals surface area (Å²) in [4.78, 5) is 22.4. The van der Waals surface area contributed by atoms with Gasteiger partial charge < -0.3 is 4.74 Å². The molecule has 0 bridgehead atoms. The summed E-state index contributed by atoms with van der Waals surface area (Å²) < 4.78 is 4.44. The Morgan fingerprint density at radius 1 is 1.11 bits per heavy atom. The van der Waals surface area contributed by atoms with Gasteiger partial charge in [0, 0.05) is 0 Å². The van der Waals surface area contributed by atoms with Crippen molar-refractivity contribution in [1.82, 2.24) is 0 Å². The molecule has 0 atom stereocenters. The quantitative estimate of drug-likeness (QED) is 0.478. The predicted octanol–water partition coefficient (Wildman–Crippen LogP) is 2.99. The Balaban J connectivity index is 2.12. The zero-order valence-corrected chi connectivity index (χ0v) is 10.6. The van der Waals surface area contributed by atoms with Crippen LogP contribution in [0.15, 0.2) is 48.5 Å². The lowest BCUT2D eigenvalue weighted by atomic mass is 10.1. The molecule has 19 heavy (non-hydrogen) atoms. The summed E-state index contributed by atoms with van der Waals surface area (Å²) in [5.74, 6) is -0.784. The van der Waals surface area contributed by atoms with Gasteiger partial charge in [-0.1, -0.05) is 42.5 Å². The molecule has 0 heterocycles. The lowest BCUT2D eigenvalue weighted by Crippen LogP contribution is -2.06. The van der Waals surface area contributed by atoms with Crippen molar-refractivity contribution >= 4 is 28.6 Å². The molecule has 0 saturated heterocycles. The van der Waals surface area contributed by atoms with Crippen LogP contribution in [0.1, 0.15) is 12.0 Å². The highest BCUT2D eigenvalue weighted by molar-refractivity contribution is 6.04. The van der Waals surface area contributed by atoms with Crippen molar-refractivity contribution in [3.63, 3.8) is 0 Å². The average molecular weight is 254 g/mol. The summed E-state index contributed by atoms with van der Waals surface area (Å²) in [6.07, 6.45) is 2.89. The van der Waals surface area contributed by atoms with E-state index in [4.69, 9.17) is 0 Å². The van der Waals surface area contributed by atoms with E-state index < -0.39 is 5.97 Å². The Morgan fingerprint density at radius 3 is 2.58 bits per heavy atom. The van der Waals surface area contributed by atoms with E-state index in [2.05, 4.69) is 4.74 Å². The van der Waals surface area contributed by atoms with Gasteiger partial charge in [0.05, 0.1) is 7.11 Å². The third-order valence-corrected chi connectivity index (χ3v) is 2.78. The fourth-order valence-electron chi connectivity index (χ4n) is 1.77. The number of rotatable bonds is 4. The van der Waals surface area contributed by atoms with Crippen LogP contribution in [0.25, 0.3) is 16.8 Å². The van der Waals surface area contributed by atoms with E-state index in [1.165, 1.54) is 13.2 Å². The van der Waals surface area contributed by atoms with Gasteiger partial charge in [-0.05, 0) is 28.5 Å². The van der Waals surface area contributed by atoms with Crippen molar-refractivity contribution in [2.45, 2.75) is 6.42 Å².